The van der Waals surface area contributed by atoms with Crippen molar-refractivity contribution in [3.05, 3.63) is 35.9 Å². The Bertz CT molecular complexity index is 876. The van der Waals surface area contributed by atoms with Crippen molar-refractivity contribution in [1.82, 2.24) is 24.8 Å². The largest absolute Gasteiger partial charge is 0.364 e. The molecule has 10 nitrogen and oxygen atoms in total. The number of hydrogen-bond acceptors (Lipinski definition) is 7. The van der Waals surface area contributed by atoms with Crippen LogP contribution in [0, 0.1) is 5.92 Å². The summed E-state index contributed by atoms with van der Waals surface area (Å²) in [5, 5.41) is 5.93. The number of carbonyl (C=O) groups is 2. The summed E-state index contributed by atoms with van der Waals surface area (Å²) in [6.07, 6.45) is 5.47. The maximum absolute atomic E-state index is 13.0. The second-order valence-corrected chi connectivity index (χ2v) is 7.08. The molecule has 0 saturated carbocycles. The smallest absolute Gasteiger partial charge is 0.267 e. The number of hydroxylamine groups is 2. The van der Waals surface area contributed by atoms with E-state index in [9.17, 15) is 9.59 Å². The molecular weight excluding hydrogens is 362 g/mol. The second-order valence-electron chi connectivity index (χ2n) is 7.08. The molecule has 2 amide bonds. The van der Waals surface area contributed by atoms with E-state index in [4.69, 9.17) is 10.6 Å². The van der Waals surface area contributed by atoms with Crippen molar-refractivity contribution in [3.63, 3.8) is 0 Å². The van der Waals surface area contributed by atoms with Gasteiger partial charge < -0.3 is 10.6 Å². The minimum absolute atomic E-state index is 0.000363. The zero-order valence-electron chi connectivity index (χ0n) is 15.7. The Morgan fingerprint density at radius 1 is 1.21 bits per heavy atom. The van der Waals surface area contributed by atoms with Crippen LogP contribution in [-0.4, -0.2) is 56.3 Å². The lowest BCUT2D eigenvalue weighted by molar-refractivity contribution is -0.182. The third kappa shape index (κ3) is 3.55. The number of primary amides is 1. The summed E-state index contributed by atoms with van der Waals surface area (Å²) in [5.74, 6) is -0.245. The number of piperidine rings is 1. The highest BCUT2D eigenvalue weighted by molar-refractivity contribution is 5.90. The van der Waals surface area contributed by atoms with Crippen molar-refractivity contribution in [2.24, 2.45) is 18.7 Å². The van der Waals surface area contributed by atoms with Gasteiger partial charge in [0.15, 0.2) is 0 Å². The lowest BCUT2D eigenvalue weighted by Crippen LogP contribution is -2.42. The maximum atomic E-state index is 13.0. The summed E-state index contributed by atoms with van der Waals surface area (Å²) in [4.78, 5) is 40.4. The Labute approximate surface area is 162 Å². The fourth-order valence-corrected chi connectivity index (χ4v) is 3.71. The van der Waals surface area contributed by atoms with Gasteiger partial charge in [-0.15, -0.1) is 0 Å². The van der Waals surface area contributed by atoms with Crippen LogP contribution in [0.3, 0.4) is 0 Å². The van der Waals surface area contributed by atoms with Crippen LogP contribution >= 0.6 is 0 Å². The van der Waals surface area contributed by atoms with Crippen LogP contribution in [0.15, 0.2) is 24.5 Å². The van der Waals surface area contributed by atoms with Crippen molar-refractivity contribution in [2.75, 3.05) is 24.6 Å². The lowest BCUT2D eigenvalue weighted by Gasteiger charge is -2.33. The predicted molar refractivity (Wildman–Crippen MR) is 98.9 cm³/mol. The number of aromatic nitrogens is 4. The molecule has 2 aliphatic heterocycles. The molecule has 0 aliphatic carbocycles. The third-order valence-corrected chi connectivity index (χ3v) is 5.22. The number of anilines is 1. The first-order chi connectivity index (χ1) is 13.5. The third-order valence-electron chi connectivity index (χ3n) is 5.22. The molecule has 2 fully saturated rings. The number of nitrogens with two attached hydrogens (primary N) is 1. The second kappa shape index (κ2) is 7.55. The minimum Gasteiger partial charge on any atom is -0.364 e. The van der Waals surface area contributed by atoms with Crippen LogP contribution in [0.2, 0.25) is 0 Å². The van der Waals surface area contributed by atoms with Gasteiger partial charge in [-0.05, 0) is 25.0 Å². The molecule has 148 valence electrons. The highest BCUT2D eigenvalue weighted by atomic mass is 16.7. The van der Waals surface area contributed by atoms with Crippen LogP contribution in [0.4, 0.5) is 5.95 Å². The molecule has 2 aromatic heterocycles. The molecule has 2 saturated heterocycles. The summed E-state index contributed by atoms with van der Waals surface area (Å²) in [5.41, 5.74) is 6.32. The zero-order chi connectivity index (χ0) is 19.7. The quantitative estimate of drug-likeness (QED) is 0.810. The predicted octanol–water partition coefficient (Wildman–Crippen LogP) is 0.431. The fourth-order valence-electron chi connectivity index (χ4n) is 3.71. The molecular formula is C18H23N7O3. The van der Waals surface area contributed by atoms with Crippen molar-refractivity contribution in [2.45, 2.75) is 25.3 Å². The monoisotopic (exact) mass is 385 g/mol. The van der Waals surface area contributed by atoms with E-state index in [1.165, 1.54) is 17.3 Å². The van der Waals surface area contributed by atoms with Gasteiger partial charge in [-0.3, -0.25) is 19.1 Å². The van der Waals surface area contributed by atoms with Gasteiger partial charge in [-0.2, -0.15) is 5.10 Å². The van der Waals surface area contributed by atoms with E-state index in [-0.39, 0.29) is 23.6 Å². The van der Waals surface area contributed by atoms with Gasteiger partial charge in [0.2, 0.25) is 11.9 Å². The summed E-state index contributed by atoms with van der Waals surface area (Å²) in [6.45, 7) is 1.76. The Balaban J connectivity index is 1.40. The molecule has 0 bridgehead atoms. The average Bonchev–Trinajstić information content (AvgIpc) is 3.36. The van der Waals surface area contributed by atoms with Crippen LogP contribution in [0.25, 0.3) is 0 Å². The lowest BCUT2D eigenvalue weighted by atomic mass is 9.95. The summed E-state index contributed by atoms with van der Waals surface area (Å²) >= 11 is 0. The number of carbonyl (C=O) groups excluding carboxylic acids is 2. The van der Waals surface area contributed by atoms with Crippen LogP contribution in [0.1, 0.15) is 41.5 Å². The van der Waals surface area contributed by atoms with Crippen molar-refractivity contribution in [1.29, 1.82) is 0 Å². The normalized spacial score (nSPS) is 20.5. The Hall–Kier alpha value is -3.01. The van der Waals surface area contributed by atoms with E-state index in [2.05, 4.69) is 15.1 Å². The van der Waals surface area contributed by atoms with Gasteiger partial charge in [0.25, 0.3) is 5.91 Å². The Kier molecular flexibility index (Phi) is 4.95. The number of rotatable bonds is 4. The SMILES string of the molecule is Cn1ccc(C2CCON2C(=O)C2CCN(c3nccc(C(N)=O)n3)CC2)n1. The molecule has 0 aromatic carbocycles. The summed E-state index contributed by atoms with van der Waals surface area (Å²) < 4.78 is 1.73. The molecule has 0 spiro atoms. The van der Waals surface area contributed by atoms with E-state index in [1.54, 1.807) is 4.68 Å². The number of hydrogen-bond donors (Lipinski definition) is 1. The van der Waals surface area contributed by atoms with Gasteiger partial charge in [-0.1, -0.05) is 0 Å². The molecule has 2 N–H and O–H groups in total. The summed E-state index contributed by atoms with van der Waals surface area (Å²) in [6, 6.07) is 3.28. The van der Waals surface area contributed by atoms with Crippen molar-refractivity contribution >= 4 is 17.8 Å². The van der Waals surface area contributed by atoms with Crippen LogP contribution in [-0.2, 0) is 16.7 Å². The van der Waals surface area contributed by atoms with E-state index in [0.717, 1.165) is 12.1 Å². The average molecular weight is 385 g/mol. The molecule has 2 aliphatic rings. The molecule has 10 heteroatoms. The fraction of sp³-hybridized carbons (Fsp3) is 0.500. The number of nitrogens with zero attached hydrogens (tertiary/aromatic N) is 6. The highest BCUT2D eigenvalue weighted by Gasteiger charge is 2.38. The molecule has 0 radical (unpaired) electrons. The van der Waals surface area contributed by atoms with Gasteiger partial charge >= 0.3 is 0 Å². The van der Waals surface area contributed by atoms with Crippen LogP contribution in [0.5, 0.6) is 0 Å². The topological polar surface area (TPSA) is 119 Å². The maximum Gasteiger partial charge on any atom is 0.267 e. The molecule has 28 heavy (non-hydrogen) atoms. The first-order valence-corrected chi connectivity index (χ1v) is 9.36. The number of amides is 2. The van der Waals surface area contributed by atoms with Gasteiger partial charge in [0, 0.05) is 44.9 Å². The van der Waals surface area contributed by atoms with Crippen molar-refractivity contribution < 1.29 is 14.4 Å². The van der Waals surface area contributed by atoms with Crippen LogP contribution < -0.4 is 10.6 Å². The molecule has 1 unspecified atom stereocenters. The Morgan fingerprint density at radius 2 is 2.00 bits per heavy atom. The van der Waals surface area contributed by atoms with Crippen molar-refractivity contribution in [3.8, 4) is 0 Å². The van der Waals surface area contributed by atoms with E-state index in [0.29, 0.717) is 38.5 Å². The standard InChI is InChI=1S/C18H23N7O3/c1-23-8-5-13(22-23)15-6-11-28-25(15)17(27)12-3-9-24(10-4-12)18-20-7-2-14(21-18)16(19)26/h2,5,7-8,12,15H,3-4,6,9-11H2,1H3,(H2,19,26). The highest BCUT2D eigenvalue weighted by Crippen LogP contribution is 2.32. The molecule has 1 atom stereocenters. The van der Waals surface area contributed by atoms with E-state index in [1.807, 2.05) is 24.2 Å². The van der Waals surface area contributed by atoms with Gasteiger partial charge in [-0.25, -0.2) is 15.0 Å². The first kappa shape index (κ1) is 18.4. The summed E-state index contributed by atoms with van der Waals surface area (Å²) in [7, 11) is 1.86. The van der Waals surface area contributed by atoms with E-state index < -0.39 is 5.91 Å². The van der Waals surface area contributed by atoms with Gasteiger partial charge in [0.05, 0.1) is 12.3 Å². The molecule has 4 heterocycles. The first-order valence-electron chi connectivity index (χ1n) is 9.36. The number of aryl methyl sites for hydroxylation is 1. The van der Waals surface area contributed by atoms with Gasteiger partial charge in [0.1, 0.15) is 11.7 Å². The zero-order valence-corrected chi connectivity index (χ0v) is 15.7. The Morgan fingerprint density at radius 3 is 2.68 bits per heavy atom. The minimum atomic E-state index is -0.583. The van der Waals surface area contributed by atoms with E-state index >= 15 is 0 Å². The molecule has 2 aromatic rings. The molecule has 4 rings (SSSR count).